The van der Waals surface area contributed by atoms with E-state index in [4.69, 9.17) is 4.74 Å². The molecule has 0 unspecified atom stereocenters. The van der Waals surface area contributed by atoms with Crippen molar-refractivity contribution in [3.05, 3.63) is 42.2 Å². The maximum absolute atomic E-state index is 9.21. The second-order valence-electron chi connectivity index (χ2n) is 5.30. The Bertz CT molecular complexity index is 765. The Hall–Kier alpha value is -1.91. The zero-order valence-corrected chi connectivity index (χ0v) is 11.0. The third kappa shape index (κ3) is 1.72. The van der Waals surface area contributed by atoms with Crippen LogP contribution in [-0.2, 0) is 4.74 Å². The second-order valence-corrected chi connectivity index (χ2v) is 5.30. The second kappa shape index (κ2) is 4.58. The molecule has 4 nitrogen and oxygen atoms in total. The molecular weight excluding hydrogens is 252 g/mol. The number of benzene rings is 1. The molecule has 4 rings (SSSR count). The summed E-state index contributed by atoms with van der Waals surface area (Å²) < 4.78 is 5.87. The number of aliphatic hydroxyl groups is 1. The number of aliphatic hydroxyl groups excluding tert-OH is 1. The van der Waals surface area contributed by atoms with E-state index >= 15 is 0 Å². The van der Waals surface area contributed by atoms with Crippen LogP contribution < -0.4 is 0 Å². The summed E-state index contributed by atoms with van der Waals surface area (Å²) in [5, 5.41) is 11.6. The summed E-state index contributed by atoms with van der Waals surface area (Å²) in [5.41, 5.74) is 3.13. The van der Waals surface area contributed by atoms with Crippen molar-refractivity contribution in [2.24, 2.45) is 0 Å². The molecule has 3 aromatic rings. The van der Waals surface area contributed by atoms with E-state index in [-0.39, 0.29) is 18.8 Å². The number of hydrogen-bond acceptors (Lipinski definition) is 3. The monoisotopic (exact) mass is 268 g/mol. The van der Waals surface area contributed by atoms with Crippen LogP contribution in [0.25, 0.3) is 21.8 Å². The zero-order chi connectivity index (χ0) is 13.5. The first-order valence-corrected chi connectivity index (χ1v) is 6.98. The molecule has 3 heterocycles. The van der Waals surface area contributed by atoms with Crippen molar-refractivity contribution in [3.8, 4) is 0 Å². The van der Waals surface area contributed by atoms with Crippen LogP contribution in [0.1, 0.15) is 24.6 Å². The number of pyridine rings is 1. The number of aromatic nitrogens is 2. The first-order valence-electron chi connectivity index (χ1n) is 6.98. The maximum Gasteiger partial charge on any atom is 0.102 e. The van der Waals surface area contributed by atoms with E-state index in [9.17, 15) is 5.11 Å². The third-order valence-corrected chi connectivity index (χ3v) is 4.07. The van der Waals surface area contributed by atoms with Crippen molar-refractivity contribution in [1.82, 2.24) is 9.97 Å². The van der Waals surface area contributed by atoms with Crippen LogP contribution in [0, 0.1) is 0 Å². The number of nitrogens with one attached hydrogen (secondary N) is 1. The molecule has 2 aromatic heterocycles. The first-order chi connectivity index (χ1) is 9.86. The van der Waals surface area contributed by atoms with Gasteiger partial charge in [-0.3, -0.25) is 4.98 Å². The smallest absolute Gasteiger partial charge is 0.102 e. The highest BCUT2D eigenvalue weighted by Gasteiger charge is 2.28. The number of aromatic amines is 1. The van der Waals surface area contributed by atoms with Gasteiger partial charge in [0.25, 0.3) is 0 Å². The summed E-state index contributed by atoms with van der Waals surface area (Å²) in [6, 6.07) is 10.3. The van der Waals surface area contributed by atoms with Gasteiger partial charge in [0.15, 0.2) is 0 Å². The molecule has 1 aromatic carbocycles. The van der Waals surface area contributed by atoms with E-state index in [0.717, 1.165) is 29.6 Å². The van der Waals surface area contributed by atoms with Crippen molar-refractivity contribution in [2.75, 3.05) is 6.61 Å². The molecule has 2 N–H and O–H groups in total. The van der Waals surface area contributed by atoms with Gasteiger partial charge in [-0.25, -0.2) is 0 Å². The number of nitrogens with zero attached hydrogens (tertiary/aromatic N) is 1. The van der Waals surface area contributed by atoms with Crippen molar-refractivity contribution in [2.45, 2.75) is 25.0 Å². The van der Waals surface area contributed by atoms with Crippen LogP contribution in [-0.4, -0.2) is 27.8 Å². The van der Waals surface area contributed by atoms with Gasteiger partial charge in [0, 0.05) is 22.5 Å². The van der Waals surface area contributed by atoms with E-state index in [1.807, 2.05) is 24.4 Å². The predicted octanol–water partition coefficient (Wildman–Crippen LogP) is 2.93. The summed E-state index contributed by atoms with van der Waals surface area (Å²) in [6.07, 6.45) is 3.56. The van der Waals surface area contributed by atoms with Gasteiger partial charge < -0.3 is 14.8 Å². The molecule has 0 spiro atoms. The van der Waals surface area contributed by atoms with Crippen molar-refractivity contribution in [1.29, 1.82) is 0 Å². The van der Waals surface area contributed by atoms with Crippen molar-refractivity contribution >= 4 is 21.8 Å². The van der Waals surface area contributed by atoms with Crippen molar-refractivity contribution in [3.63, 3.8) is 0 Å². The molecular formula is C16H16N2O2. The summed E-state index contributed by atoms with van der Waals surface area (Å²) in [4.78, 5) is 7.97. The lowest BCUT2D eigenvalue weighted by molar-refractivity contribution is 0.00983. The minimum Gasteiger partial charge on any atom is -0.394 e. The summed E-state index contributed by atoms with van der Waals surface area (Å²) in [6.45, 7) is 0.0825. The summed E-state index contributed by atoms with van der Waals surface area (Å²) in [5.74, 6) is 0. The van der Waals surface area contributed by atoms with Crippen LogP contribution in [0.5, 0.6) is 0 Å². The number of ether oxygens (including phenoxy) is 1. The zero-order valence-electron chi connectivity index (χ0n) is 11.0. The normalized spacial score (nSPS) is 22.9. The number of H-pyrrole nitrogens is 1. The molecule has 2 atom stereocenters. The number of rotatable bonds is 2. The highest BCUT2D eigenvalue weighted by molar-refractivity contribution is 6.07. The highest BCUT2D eigenvalue weighted by atomic mass is 16.5. The maximum atomic E-state index is 9.21. The molecule has 4 heteroatoms. The molecule has 0 amide bonds. The van der Waals surface area contributed by atoms with Crippen LogP contribution in [0.3, 0.4) is 0 Å². The molecule has 0 saturated carbocycles. The minimum atomic E-state index is -0.0542. The third-order valence-electron chi connectivity index (χ3n) is 4.07. The Morgan fingerprint density at radius 1 is 1.20 bits per heavy atom. The molecule has 0 radical (unpaired) electrons. The first kappa shape index (κ1) is 11.9. The molecule has 1 aliphatic heterocycles. The number of para-hydroxylation sites is 1. The van der Waals surface area contributed by atoms with Gasteiger partial charge in [-0.05, 0) is 25.0 Å². The fourth-order valence-electron chi connectivity index (χ4n) is 3.08. The van der Waals surface area contributed by atoms with Gasteiger partial charge in [0.05, 0.1) is 23.9 Å². The highest BCUT2D eigenvalue weighted by Crippen LogP contribution is 2.36. The van der Waals surface area contributed by atoms with E-state index in [1.165, 1.54) is 10.8 Å². The van der Waals surface area contributed by atoms with Gasteiger partial charge >= 0.3 is 0 Å². The quantitative estimate of drug-likeness (QED) is 0.751. The van der Waals surface area contributed by atoms with Crippen LogP contribution in [0.2, 0.25) is 0 Å². The topological polar surface area (TPSA) is 58.1 Å². The summed E-state index contributed by atoms with van der Waals surface area (Å²) in [7, 11) is 0. The molecule has 1 fully saturated rings. The number of fused-ring (bicyclic) bond motifs is 3. The lowest BCUT2D eigenvalue weighted by Gasteiger charge is -2.12. The SMILES string of the molecule is OC[C@H]1CC[C@@H](c2nccc3c2[nH]c2ccccc23)O1. The van der Waals surface area contributed by atoms with Gasteiger partial charge in [0.2, 0.25) is 0 Å². The lowest BCUT2D eigenvalue weighted by Crippen LogP contribution is -2.11. The van der Waals surface area contributed by atoms with E-state index in [1.54, 1.807) is 0 Å². The van der Waals surface area contributed by atoms with Crippen LogP contribution in [0.4, 0.5) is 0 Å². The van der Waals surface area contributed by atoms with Crippen LogP contribution >= 0.6 is 0 Å². The molecule has 0 bridgehead atoms. The molecule has 1 aliphatic rings. The Labute approximate surface area is 116 Å². The lowest BCUT2D eigenvalue weighted by atomic mass is 10.1. The van der Waals surface area contributed by atoms with Crippen LogP contribution in [0.15, 0.2) is 36.5 Å². The predicted molar refractivity (Wildman–Crippen MR) is 77.5 cm³/mol. The van der Waals surface area contributed by atoms with E-state index in [0.29, 0.717) is 0 Å². The summed E-state index contributed by atoms with van der Waals surface area (Å²) >= 11 is 0. The van der Waals surface area contributed by atoms with Gasteiger partial charge in [-0.15, -0.1) is 0 Å². The molecule has 20 heavy (non-hydrogen) atoms. The van der Waals surface area contributed by atoms with Gasteiger partial charge in [-0.1, -0.05) is 18.2 Å². The Morgan fingerprint density at radius 2 is 2.10 bits per heavy atom. The Balaban J connectivity index is 1.88. The standard InChI is InChI=1S/C16H16N2O2/c19-9-10-5-6-14(20-10)16-15-12(7-8-17-16)11-3-1-2-4-13(11)18-15/h1-4,7-8,10,14,18-19H,5-6,9H2/t10-,14+/m1/s1. The van der Waals surface area contributed by atoms with E-state index < -0.39 is 0 Å². The molecule has 1 saturated heterocycles. The average Bonchev–Trinajstić information content (AvgIpc) is 3.11. The van der Waals surface area contributed by atoms with Crippen molar-refractivity contribution < 1.29 is 9.84 Å². The fourth-order valence-corrected chi connectivity index (χ4v) is 3.08. The Morgan fingerprint density at radius 3 is 2.95 bits per heavy atom. The minimum absolute atomic E-state index is 0.0242. The van der Waals surface area contributed by atoms with Gasteiger partial charge in [0.1, 0.15) is 6.10 Å². The Kier molecular flexibility index (Phi) is 2.72. The van der Waals surface area contributed by atoms with Gasteiger partial charge in [-0.2, -0.15) is 0 Å². The number of hydrogen-bond donors (Lipinski definition) is 2. The molecule has 102 valence electrons. The average molecular weight is 268 g/mol. The molecule has 0 aliphatic carbocycles. The van der Waals surface area contributed by atoms with E-state index in [2.05, 4.69) is 22.1 Å². The largest absolute Gasteiger partial charge is 0.394 e. The fraction of sp³-hybridized carbons (Fsp3) is 0.312.